The molecule has 7 heteroatoms. The average molecular weight is 360 g/mol. The number of nitrogens with zero attached hydrogens (tertiary/aromatic N) is 1. The van der Waals surface area contributed by atoms with Crippen molar-refractivity contribution in [1.82, 2.24) is 9.88 Å². The van der Waals surface area contributed by atoms with Crippen LogP contribution in [-0.2, 0) is 16.9 Å². The van der Waals surface area contributed by atoms with E-state index in [1.165, 1.54) is 12.1 Å². The molecule has 1 aromatic heterocycles. The van der Waals surface area contributed by atoms with Crippen LogP contribution >= 0.6 is 0 Å². The standard InChI is InChI=1S/C18H17FN2O3S/c1-21-11-9-15-16(3-2-4-17(15)21)18(22)20-10-12-25(23,24)14-7-5-13(19)6-8-14/h2-9,11H,10,12H2,1H3,(H,20,22). The van der Waals surface area contributed by atoms with Crippen LogP contribution in [0.4, 0.5) is 4.39 Å². The van der Waals surface area contributed by atoms with E-state index in [2.05, 4.69) is 5.32 Å². The first-order chi connectivity index (χ1) is 11.9. The summed E-state index contributed by atoms with van der Waals surface area (Å²) in [4.78, 5) is 12.4. The van der Waals surface area contributed by atoms with Crippen LogP contribution in [0.1, 0.15) is 10.4 Å². The van der Waals surface area contributed by atoms with Crippen LogP contribution in [0.3, 0.4) is 0 Å². The summed E-state index contributed by atoms with van der Waals surface area (Å²) in [7, 11) is -1.69. The summed E-state index contributed by atoms with van der Waals surface area (Å²) in [5, 5.41) is 3.45. The number of aromatic nitrogens is 1. The Balaban J connectivity index is 1.69. The number of carbonyl (C=O) groups is 1. The summed E-state index contributed by atoms with van der Waals surface area (Å²) in [5.41, 5.74) is 1.42. The number of aryl methyl sites for hydroxylation is 1. The van der Waals surface area contributed by atoms with Gasteiger partial charge in [-0.2, -0.15) is 0 Å². The Morgan fingerprint density at radius 1 is 1.12 bits per heavy atom. The van der Waals surface area contributed by atoms with Gasteiger partial charge in [0, 0.05) is 36.3 Å². The number of halogens is 1. The molecule has 0 saturated heterocycles. The molecule has 1 amide bonds. The number of sulfone groups is 1. The van der Waals surface area contributed by atoms with E-state index < -0.39 is 15.7 Å². The molecule has 0 fully saturated rings. The number of benzene rings is 2. The molecule has 0 spiro atoms. The molecule has 0 unspecified atom stereocenters. The molecule has 1 heterocycles. The molecular formula is C18H17FN2O3S. The van der Waals surface area contributed by atoms with Gasteiger partial charge in [-0.25, -0.2) is 12.8 Å². The van der Waals surface area contributed by atoms with Gasteiger partial charge in [0.15, 0.2) is 9.84 Å². The molecule has 5 nitrogen and oxygen atoms in total. The maximum absolute atomic E-state index is 12.9. The molecule has 130 valence electrons. The summed E-state index contributed by atoms with van der Waals surface area (Å²) >= 11 is 0. The molecule has 3 aromatic rings. The lowest BCUT2D eigenvalue weighted by Crippen LogP contribution is -2.29. The number of nitrogens with one attached hydrogen (secondary N) is 1. The molecule has 0 saturated carbocycles. The maximum atomic E-state index is 12.9. The van der Waals surface area contributed by atoms with Crippen LogP contribution in [-0.4, -0.2) is 31.2 Å². The van der Waals surface area contributed by atoms with Crippen LogP contribution in [0.15, 0.2) is 59.6 Å². The first-order valence-electron chi connectivity index (χ1n) is 7.69. The third-order valence-corrected chi connectivity index (χ3v) is 5.73. The molecule has 25 heavy (non-hydrogen) atoms. The van der Waals surface area contributed by atoms with Gasteiger partial charge in [0.05, 0.1) is 10.6 Å². The topological polar surface area (TPSA) is 68.2 Å². The van der Waals surface area contributed by atoms with Crippen molar-refractivity contribution < 1.29 is 17.6 Å². The molecule has 0 aliphatic heterocycles. The van der Waals surface area contributed by atoms with Gasteiger partial charge in [0.1, 0.15) is 5.82 Å². The Kier molecular flexibility index (Phi) is 4.59. The lowest BCUT2D eigenvalue weighted by atomic mass is 10.1. The van der Waals surface area contributed by atoms with Gasteiger partial charge in [-0.3, -0.25) is 4.79 Å². The quantitative estimate of drug-likeness (QED) is 0.711. The zero-order chi connectivity index (χ0) is 18.0. The van der Waals surface area contributed by atoms with Crippen molar-refractivity contribution in [2.75, 3.05) is 12.3 Å². The van der Waals surface area contributed by atoms with Gasteiger partial charge >= 0.3 is 0 Å². The summed E-state index contributed by atoms with van der Waals surface area (Å²) in [6.45, 7) is -0.0260. The van der Waals surface area contributed by atoms with Crippen molar-refractivity contribution >= 4 is 26.6 Å². The summed E-state index contributed by atoms with van der Waals surface area (Å²) in [6.07, 6.45) is 1.86. The molecule has 3 rings (SSSR count). The molecule has 0 bridgehead atoms. The molecule has 0 aliphatic carbocycles. The number of hydrogen-bond acceptors (Lipinski definition) is 3. The highest BCUT2D eigenvalue weighted by Crippen LogP contribution is 2.19. The highest BCUT2D eigenvalue weighted by atomic mass is 32.2. The number of carbonyl (C=O) groups excluding carboxylic acids is 1. The van der Waals surface area contributed by atoms with Gasteiger partial charge < -0.3 is 9.88 Å². The Bertz CT molecular complexity index is 1020. The average Bonchev–Trinajstić information content (AvgIpc) is 2.96. The van der Waals surface area contributed by atoms with Crippen molar-refractivity contribution in [2.24, 2.45) is 7.05 Å². The van der Waals surface area contributed by atoms with Crippen LogP contribution in [0, 0.1) is 5.82 Å². The number of rotatable bonds is 5. The highest BCUT2D eigenvalue weighted by molar-refractivity contribution is 7.91. The summed E-state index contributed by atoms with van der Waals surface area (Å²) < 4.78 is 39.2. The van der Waals surface area contributed by atoms with E-state index in [9.17, 15) is 17.6 Å². The fourth-order valence-electron chi connectivity index (χ4n) is 2.65. The van der Waals surface area contributed by atoms with Crippen LogP contribution < -0.4 is 5.32 Å². The van der Waals surface area contributed by atoms with Gasteiger partial charge in [-0.1, -0.05) is 6.07 Å². The zero-order valence-corrected chi connectivity index (χ0v) is 14.4. The number of amides is 1. The van der Waals surface area contributed by atoms with E-state index in [0.717, 1.165) is 23.0 Å². The van der Waals surface area contributed by atoms with Gasteiger partial charge in [0.25, 0.3) is 5.91 Å². The van der Waals surface area contributed by atoms with Gasteiger partial charge in [-0.05, 0) is 42.5 Å². The second-order valence-electron chi connectivity index (χ2n) is 5.69. The monoisotopic (exact) mass is 360 g/mol. The smallest absolute Gasteiger partial charge is 0.251 e. The maximum Gasteiger partial charge on any atom is 0.251 e. The third kappa shape index (κ3) is 3.56. The van der Waals surface area contributed by atoms with Gasteiger partial charge in [-0.15, -0.1) is 0 Å². The van der Waals surface area contributed by atoms with E-state index in [4.69, 9.17) is 0 Å². The first-order valence-corrected chi connectivity index (χ1v) is 9.34. The second-order valence-corrected chi connectivity index (χ2v) is 7.80. The Labute approximate surface area is 145 Å². The summed E-state index contributed by atoms with van der Waals surface area (Å²) in [6, 6.07) is 11.9. The van der Waals surface area contributed by atoms with E-state index >= 15 is 0 Å². The van der Waals surface area contributed by atoms with E-state index in [-0.39, 0.29) is 23.1 Å². The van der Waals surface area contributed by atoms with Gasteiger partial charge in [0.2, 0.25) is 0 Å². The van der Waals surface area contributed by atoms with Crippen molar-refractivity contribution in [1.29, 1.82) is 0 Å². The SMILES string of the molecule is Cn1ccc2c(C(=O)NCCS(=O)(=O)c3ccc(F)cc3)cccc21. The van der Waals surface area contributed by atoms with Crippen molar-refractivity contribution in [3.63, 3.8) is 0 Å². The van der Waals surface area contributed by atoms with E-state index in [1.807, 2.05) is 29.9 Å². The van der Waals surface area contributed by atoms with Crippen molar-refractivity contribution in [3.8, 4) is 0 Å². The fourth-order valence-corrected chi connectivity index (χ4v) is 3.81. The van der Waals surface area contributed by atoms with E-state index in [1.54, 1.807) is 12.1 Å². The largest absolute Gasteiger partial charge is 0.351 e. The van der Waals surface area contributed by atoms with E-state index in [0.29, 0.717) is 5.56 Å². The predicted molar refractivity (Wildman–Crippen MR) is 93.7 cm³/mol. The normalized spacial score (nSPS) is 11.6. The molecule has 0 aliphatic rings. The Hall–Kier alpha value is -2.67. The number of fused-ring (bicyclic) bond motifs is 1. The third-order valence-electron chi connectivity index (χ3n) is 4.00. The molecular weight excluding hydrogens is 343 g/mol. The summed E-state index contributed by atoms with van der Waals surface area (Å²) in [5.74, 6) is -1.08. The van der Waals surface area contributed by atoms with Crippen molar-refractivity contribution in [2.45, 2.75) is 4.90 Å². The molecule has 0 radical (unpaired) electrons. The lowest BCUT2D eigenvalue weighted by molar-refractivity contribution is 0.0958. The molecule has 2 aromatic carbocycles. The minimum atomic E-state index is -3.58. The van der Waals surface area contributed by atoms with Crippen LogP contribution in [0.25, 0.3) is 10.9 Å². The number of hydrogen-bond donors (Lipinski definition) is 1. The minimum absolute atomic E-state index is 0.0260. The highest BCUT2D eigenvalue weighted by Gasteiger charge is 2.16. The second kappa shape index (κ2) is 6.68. The Morgan fingerprint density at radius 3 is 2.56 bits per heavy atom. The van der Waals surface area contributed by atoms with Crippen LogP contribution in [0.2, 0.25) is 0 Å². The predicted octanol–water partition coefficient (Wildman–Crippen LogP) is 2.52. The lowest BCUT2D eigenvalue weighted by Gasteiger charge is -2.08. The van der Waals surface area contributed by atoms with Crippen LogP contribution in [0.5, 0.6) is 0 Å². The molecule has 1 N–H and O–H groups in total. The fraction of sp³-hybridized carbons (Fsp3) is 0.167. The zero-order valence-electron chi connectivity index (χ0n) is 13.6. The molecule has 0 atom stereocenters. The minimum Gasteiger partial charge on any atom is -0.351 e. The first kappa shape index (κ1) is 17.2. The van der Waals surface area contributed by atoms with Crippen molar-refractivity contribution in [3.05, 3.63) is 66.1 Å². The Morgan fingerprint density at radius 2 is 1.84 bits per heavy atom.